The molecule has 1 aliphatic carbocycles. The Hall–Kier alpha value is -3.07. The Morgan fingerprint density at radius 1 is 1.14 bits per heavy atom. The molecular weight excluding hydrogens is 486 g/mol. The summed E-state index contributed by atoms with van der Waals surface area (Å²) in [5, 5.41) is 10.6. The fourth-order valence-electron chi connectivity index (χ4n) is 4.08. The fourth-order valence-corrected chi connectivity index (χ4v) is 4.27. The molecule has 0 spiro atoms. The van der Waals surface area contributed by atoms with Crippen LogP contribution in [-0.4, -0.2) is 55.5 Å². The van der Waals surface area contributed by atoms with Crippen LogP contribution in [-0.2, 0) is 19.7 Å². The van der Waals surface area contributed by atoms with E-state index in [2.05, 4.69) is 4.98 Å². The number of aromatic nitrogens is 2. The van der Waals surface area contributed by atoms with Crippen LogP contribution in [0.3, 0.4) is 0 Å². The molecule has 9 nitrogen and oxygen atoms in total. The number of hydrogen-bond donors (Lipinski definition) is 1. The molecule has 2 amide bonds. The van der Waals surface area contributed by atoms with Crippen molar-refractivity contribution < 1.29 is 29.0 Å². The molecule has 1 N–H and O–H groups in total. The number of imide groups is 1. The minimum atomic E-state index is -1.10. The summed E-state index contributed by atoms with van der Waals surface area (Å²) >= 11 is 6.08. The lowest BCUT2D eigenvalue weighted by molar-refractivity contribution is -0.140. The molecule has 1 aliphatic rings. The Morgan fingerprint density at radius 2 is 1.75 bits per heavy atom. The molecule has 1 aromatic carbocycles. The molecule has 0 saturated heterocycles. The molecule has 0 aliphatic heterocycles. The number of imidazole rings is 1. The first-order chi connectivity index (χ1) is 16.6. The van der Waals surface area contributed by atoms with Gasteiger partial charge in [-0.25, -0.2) is 19.5 Å². The number of nitrogens with zero attached hydrogens (tertiary/aromatic N) is 3. The summed E-state index contributed by atoms with van der Waals surface area (Å²) in [4.78, 5) is 43.0. The zero-order valence-corrected chi connectivity index (χ0v) is 22.3. The van der Waals surface area contributed by atoms with Gasteiger partial charge in [0.25, 0.3) is 0 Å². The highest BCUT2D eigenvalue weighted by Crippen LogP contribution is 2.56. The van der Waals surface area contributed by atoms with Gasteiger partial charge in [0.1, 0.15) is 16.6 Å². The second kappa shape index (κ2) is 10.1. The lowest BCUT2D eigenvalue weighted by atomic mass is 9.97. The fraction of sp³-hybridized carbons (Fsp3) is 0.538. The average molecular weight is 520 g/mol. The van der Waals surface area contributed by atoms with Crippen LogP contribution in [0.2, 0.25) is 5.02 Å². The Labute approximate surface area is 216 Å². The first kappa shape index (κ1) is 27.5. The number of carbonyl (C=O) groups is 3. The molecule has 1 saturated carbocycles. The highest BCUT2D eigenvalue weighted by molar-refractivity contribution is 6.30. The average Bonchev–Trinajstić information content (AvgIpc) is 3.24. The summed E-state index contributed by atoms with van der Waals surface area (Å²) in [5.74, 6) is -1.13. The Morgan fingerprint density at radius 3 is 2.28 bits per heavy atom. The Balaban J connectivity index is 1.69. The third kappa shape index (κ3) is 6.57. The van der Waals surface area contributed by atoms with Gasteiger partial charge in [-0.15, -0.1) is 0 Å². The van der Waals surface area contributed by atoms with Gasteiger partial charge in [0.2, 0.25) is 0 Å². The van der Waals surface area contributed by atoms with Crippen LogP contribution < -0.4 is 0 Å². The van der Waals surface area contributed by atoms with E-state index in [9.17, 15) is 19.5 Å². The maximum atomic E-state index is 12.7. The number of amides is 2. The van der Waals surface area contributed by atoms with E-state index < -0.39 is 34.8 Å². The summed E-state index contributed by atoms with van der Waals surface area (Å²) in [6.45, 7) is 10.3. The lowest BCUT2D eigenvalue weighted by Crippen LogP contribution is -2.44. The van der Waals surface area contributed by atoms with Crippen LogP contribution in [0.1, 0.15) is 66.5 Å². The van der Waals surface area contributed by atoms with Gasteiger partial charge in [0, 0.05) is 23.5 Å². The monoisotopic (exact) mass is 519 g/mol. The highest BCUT2D eigenvalue weighted by Gasteiger charge is 2.62. The van der Waals surface area contributed by atoms with Crippen molar-refractivity contribution in [3.05, 3.63) is 47.5 Å². The highest BCUT2D eigenvalue weighted by atomic mass is 35.5. The van der Waals surface area contributed by atoms with Crippen LogP contribution in [0.4, 0.5) is 9.59 Å². The summed E-state index contributed by atoms with van der Waals surface area (Å²) in [7, 11) is 0. The number of benzene rings is 1. The minimum Gasteiger partial charge on any atom is -0.481 e. The number of ether oxygens (including phenoxy) is 2. The van der Waals surface area contributed by atoms with Gasteiger partial charge < -0.3 is 19.1 Å². The molecule has 3 rings (SSSR count). The molecule has 196 valence electrons. The van der Waals surface area contributed by atoms with Gasteiger partial charge in [0.05, 0.1) is 12.0 Å². The van der Waals surface area contributed by atoms with E-state index in [0.29, 0.717) is 30.0 Å². The topological polar surface area (TPSA) is 111 Å². The number of carboxylic acids is 1. The van der Waals surface area contributed by atoms with E-state index in [1.807, 2.05) is 12.1 Å². The van der Waals surface area contributed by atoms with E-state index >= 15 is 0 Å². The van der Waals surface area contributed by atoms with Crippen LogP contribution >= 0.6 is 11.6 Å². The van der Waals surface area contributed by atoms with Crippen molar-refractivity contribution in [1.29, 1.82) is 0 Å². The van der Waals surface area contributed by atoms with Crippen molar-refractivity contribution in [2.24, 2.45) is 5.92 Å². The predicted molar refractivity (Wildman–Crippen MR) is 134 cm³/mol. The standard InChI is InChI=1S/C26H34ClN3O6/c1-24(2,3)35-22(33)30(23(34)36-25(4,5)6)12-8-9-17-14-26(17,21(31)32)20-15-29(16-28-20)19-11-7-10-18(27)13-19/h7,10-11,13,15-17H,8-9,12,14H2,1-6H3,(H,31,32)/t17-,26?/m0/s1. The zero-order valence-electron chi connectivity index (χ0n) is 21.6. The third-order valence-corrected chi connectivity index (χ3v) is 6.03. The molecule has 1 unspecified atom stereocenters. The summed E-state index contributed by atoms with van der Waals surface area (Å²) < 4.78 is 12.5. The SMILES string of the molecule is CC(C)(C)OC(=O)N(CCC[C@H]1CC1(C(=O)O)c1cn(-c2cccc(Cl)c2)cn1)C(=O)OC(C)(C)C. The first-order valence-corrected chi connectivity index (χ1v) is 12.3. The molecule has 36 heavy (non-hydrogen) atoms. The number of hydrogen-bond acceptors (Lipinski definition) is 6. The van der Waals surface area contributed by atoms with Crippen molar-refractivity contribution >= 4 is 29.8 Å². The van der Waals surface area contributed by atoms with Crippen LogP contribution in [0, 0.1) is 5.92 Å². The van der Waals surface area contributed by atoms with Crippen LogP contribution in [0.5, 0.6) is 0 Å². The largest absolute Gasteiger partial charge is 0.481 e. The van der Waals surface area contributed by atoms with Gasteiger partial charge in [0.15, 0.2) is 0 Å². The quantitative estimate of drug-likeness (QED) is 0.490. The molecule has 10 heteroatoms. The second-order valence-electron chi connectivity index (χ2n) is 11.1. The molecular formula is C26H34ClN3O6. The molecule has 1 fully saturated rings. The Kier molecular flexibility index (Phi) is 7.74. The van der Waals surface area contributed by atoms with Gasteiger partial charge >= 0.3 is 18.2 Å². The van der Waals surface area contributed by atoms with Gasteiger partial charge in [-0.2, -0.15) is 0 Å². The van der Waals surface area contributed by atoms with Crippen molar-refractivity contribution in [2.75, 3.05) is 6.54 Å². The van der Waals surface area contributed by atoms with Gasteiger partial charge in [-0.3, -0.25) is 4.79 Å². The number of rotatable bonds is 7. The molecule has 1 heterocycles. The molecule has 2 atom stereocenters. The van der Waals surface area contributed by atoms with E-state index in [1.54, 1.807) is 70.8 Å². The zero-order chi connectivity index (χ0) is 26.9. The smallest absolute Gasteiger partial charge is 0.419 e. The molecule has 0 radical (unpaired) electrons. The minimum absolute atomic E-state index is 0.0486. The summed E-state index contributed by atoms with van der Waals surface area (Å²) in [6.07, 6.45) is 3.01. The van der Waals surface area contributed by atoms with Crippen LogP contribution in [0.25, 0.3) is 5.69 Å². The van der Waals surface area contributed by atoms with Gasteiger partial charge in [-0.05, 0) is 84.9 Å². The maximum absolute atomic E-state index is 12.7. The number of carboxylic acid groups (broad SMARTS) is 1. The van der Waals surface area contributed by atoms with Crippen molar-refractivity contribution in [2.45, 2.75) is 77.4 Å². The number of aliphatic carboxylic acids is 1. The van der Waals surface area contributed by atoms with E-state index in [0.717, 1.165) is 10.6 Å². The number of halogens is 1. The lowest BCUT2D eigenvalue weighted by Gasteiger charge is -2.28. The predicted octanol–water partition coefficient (Wildman–Crippen LogP) is 5.82. The van der Waals surface area contributed by atoms with Crippen LogP contribution in [0.15, 0.2) is 36.8 Å². The third-order valence-electron chi connectivity index (χ3n) is 5.79. The summed E-state index contributed by atoms with van der Waals surface area (Å²) in [6, 6.07) is 7.20. The normalized spacial score (nSPS) is 19.5. The van der Waals surface area contributed by atoms with E-state index in [-0.39, 0.29) is 12.5 Å². The molecule has 0 bridgehead atoms. The Bertz CT molecular complexity index is 1110. The molecule has 1 aromatic heterocycles. The van der Waals surface area contributed by atoms with Crippen molar-refractivity contribution in [3.8, 4) is 5.69 Å². The van der Waals surface area contributed by atoms with Crippen molar-refractivity contribution in [1.82, 2.24) is 14.5 Å². The summed E-state index contributed by atoms with van der Waals surface area (Å²) in [5.41, 5.74) is -1.42. The van der Waals surface area contributed by atoms with E-state index in [4.69, 9.17) is 21.1 Å². The molecule has 2 aromatic rings. The van der Waals surface area contributed by atoms with Gasteiger partial charge in [-0.1, -0.05) is 17.7 Å². The first-order valence-electron chi connectivity index (χ1n) is 11.9. The second-order valence-corrected chi connectivity index (χ2v) is 11.5. The maximum Gasteiger partial charge on any atom is 0.419 e. The van der Waals surface area contributed by atoms with Crippen molar-refractivity contribution in [3.63, 3.8) is 0 Å². The van der Waals surface area contributed by atoms with E-state index in [1.165, 1.54) is 0 Å². The number of carbonyl (C=O) groups excluding carboxylic acids is 2.